The Kier molecular flexibility index (Phi) is 35.2. The van der Waals surface area contributed by atoms with Gasteiger partial charge < -0.3 is 14.4 Å². The molecule has 0 heterocycles. The molecule has 0 spiro atoms. The van der Waals surface area contributed by atoms with Gasteiger partial charge in [-0.05, 0) is 110 Å². The zero-order chi connectivity index (χ0) is 32.9. The fourth-order valence-electron chi connectivity index (χ4n) is 5.34. The van der Waals surface area contributed by atoms with Crippen LogP contribution >= 0.6 is 0 Å². The fourth-order valence-corrected chi connectivity index (χ4v) is 5.34. The molecule has 0 rings (SSSR count). The third kappa shape index (κ3) is 36.5. The number of carbonyl (C=O) groups excluding carboxylic acids is 1. The van der Waals surface area contributed by atoms with Crippen molar-refractivity contribution in [2.45, 2.75) is 180 Å². The SMILES string of the molecule is CCCCC/C=C\C/C=C\CCCCCCCC(CCCCCCC/C=C\C/C=C\CCCCC)OC(=O)OCCCN(C)C. The van der Waals surface area contributed by atoms with Crippen LogP contribution in [-0.4, -0.2) is 44.4 Å². The maximum absolute atomic E-state index is 12.3. The number of nitrogens with zero attached hydrogens (tertiary/aromatic N) is 1. The Morgan fingerprint density at radius 2 is 0.933 bits per heavy atom. The Hall–Kier alpha value is -1.81. The van der Waals surface area contributed by atoms with E-state index in [0.29, 0.717) is 6.61 Å². The summed E-state index contributed by atoms with van der Waals surface area (Å²) >= 11 is 0. The van der Waals surface area contributed by atoms with Gasteiger partial charge in [-0.15, -0.1) is 0 Å². The molecular weight excluding hydrogens is 554 g/mol. The van der Waals surface area contributed by atoms with Crippen LogP contribution in [0.2, 0.25) is 0 Å². The van der Waals surface area contributed by atoms with E-state index < -0.39 is 6.16 Å². The first kappa shape index (κ1) is 43.2. The molecule has 45 heavy (non-hydrogen) atoms. The van der Waals surface area contributed by atoms with E-state index in [0.717, 1.165) is 51.5 Å². The van der Waals surface area contributed by atoms with Crippen LogP contribution in [0.3, 0.4) is 0 Å². The van der Waals surface area contributed by atoms with E-state index in [-0.39, 0.29) is 6.10 Å². The van der Waals surface area contributed by atoms with Crippen molar-refractivity contribution in [3.05, 3.63) is 48.6 Å². The molecule has 4 nitrogen and oxygen atoms in total. The molecule has 0 aromatic heterocycles. The Bertz CT molecular complexity index is 678. The average molecular weight is 630 g/mol. The highest BCUT2D eigenvalue weighted by molar-refractivity contribution is 5.60. The lowest BCUT2D eigenvalue weighted by Crippen LogP contribution is -2.21. The Morgan fingerprint density at radius 1 is 0.533 bits per heavy atom. The summed E-state index contributed by atoms with van der Waals surface area (Å²) in [6, 6.07) is 0. The van der Waals surface area contributed by atoms with Crippen LogP contribution in [0, 0.1) is 0 Å². The monoisotopic (exact) mass is 630 g/mol. The molecule has 0 fully saturated rings. The van der Waals surface area contributed by atoms with E-state index in [1.165, 1.54) is 116 Å². The van der Waals surface area contributed by atoms with Gasteiger partial charge in [-0.1, -0.05) is 127 Å². The minimum absolute atomic E-state index is 0.0118. The molecule has 0 N–H and O–H groups in total. The molecule has 0 aliphatic heterocycles. The van der Waals surface area contributed by atoms with Gasteiger partial charge in [0.15, 0.2) is 0 Å². The van der Waals surface area contributed by atoms with Gasteiger partial charge >= 0.3 is 6.16 Å². The first-order chi connectivity index (χ1) is 22.1. The van der Waals surface area contributed by atoms with E-state index in [1.54, 1.807) is 0 Å². The summed E-state index contributed by atoms with van der Waals surface area (Å²) in [7, 11) is 4.07. The lowest BCUT2D eigenvalue weighted by Gasteiger charge is -2.18. The summed E-state index contributed by atoms with van der Waals surface area (Å²) in [6.45, 7) is 5.85. The van der Waals surface area contributed by atoms with E-state index in [2.05, 4.69) is 67.4 Å². The highest BCUT2D eigenvalue weighted by atomic mass is 16.7. The van der Waals surface area contributed by atoms with Gasteiger partial charge in [-0.25, -0.2) is 4.79 Å². The molecule has 4 heteroatoms. The number of unbranched alkanes of at least 4 members (excludes halogenated alkanes) is 16. The van der Waals surface area contributed by atoms with Crippen molar-refractivity contribution >= 4 is 6.16 Å². The molecule has 0 radical (unpaired) electrons. The molecular formula is C41H75NO3. The predicted octanol–water partition coefficient (Wildman–Crippen LogP) is 13.1. The molecule has 0 saturated carbocycles. The van der Waals surface area contributed by atoms with Crippen molar-refractivity contribution in [2.24, 2.45) is 0 Å². The smallest absolute Gasteiger partial charge is 0.434 e. The molecule has 0 amide bonds. The fraction of sp³-hybridized carbons (Fsp3) is 0.780. The van der Waals surface area contributed by atoms with Crippen LogP contribution in [0.1, 0.15) is 174 Å². The number of hydrogen-bond acceptors (Lipinski definition) is 4. The highest BCUT2D eigenvalue weighted by Crippen LogP contribution is 2.18. The van der Waals surface area contributed by atoms with Crippen LogP contribution in [0.4, 0.5) is 4.79 Å². The van der Waals surface area contributed by atoms with Gasteiger partial charge in [0.25, 0.3) is 0 Å². The van der Waals surface area contributed by atoms with Crippen molar-refractivity contribution in [1.82, 2.24) is 4.90 Å². The van der Waals surface area contributed by atoms with Gasteiger partial charge in [-0.3, -0.25) is 0 Å². The van der Waals surface area contributed by atoms with Crippen molar-refractivity contribution in [3.8, 4) is 0 Å². The zero-order valence-corrected chi connectivity index (χ0v) is 30.5. The summed E-state index contributed by atoms with van der Waals surface area (Å²) in [5, 5.41) is 0. The van der Waals surface area contributed by atoms with Crippen LogP contribution in [0.15, 0.2) is 48.6 Å². The van der Waals surface area contributed by atoms with Crippen LogP contribution in [0.5, 0.6) is 0 Å². The first-order valence-electron chi connectivity index (χ1n) is 19.2. The summed E-state index contributed by atoms with van der Waals surface area (Å²) in [5.41, 5.74) is 0. The molecule has 0 atom stereocenters. The third-order valence-corrected chi connectivity index (χ3v) is 8.19. The molecule has 0 aliphatic rings. The van der Waals surface area contributed by atoms with Crippen molar-refractivity contribution in [3.63, 3.8) is 0 Å². The van der Waals surface area contributed by atoms with Crippen molar-refractivity contribution < 1.29 is 14.3 Å². The molecule has 0 aliphatic carbocycles. The number of rotatable bonds is 33. The van der Waals surface area contributed by atoms with Crippen LogP contribution in [0.25, 0.3) is 0 Å². The number of carbonyl (C=O) groups is 1. The van der Waals surface area contributed by atoms with E-state index in [4.69, 9.17) is 9.47 Å². The Morgan fingerprint density at radius 3 is 1.36 bits per heavy atom. The first-order valence-corrected chi connectivity index (χ1v) is 19.2. The molecule has 0 bridgehead atoms. The van der Waals surface area contributed by atoms with Crippen molar-refractivity contribution in [1.29, 1.82) is 0 Å². The maximum atomic E-state index is 12.3. The summed E-state index contributed by atoms with van der Waals surface area (Å²) in [5.74, 6) is 0. The lowest BCUT2D eigenvalue weighted by atomic mass is 10.0. The van der Waals surface area contributed by atoms with Crippen molar-refractivity contribution in [2.75, 3.05) is 27.2 Å². The summed E-state index contributed by atoms with van der Waals surface area (Å²) in [6.07, 6.45) is 48.0. The van der Waals surface area contributed by atoms with Gasteiger partial charge in [0.1, 0.15) is 6.10 Å². The Labute approximate surface area is 281 Å². The van der Waals surface area contributed by atoms with Gasteiger partial charge in [-0.2, -0.15) is 0 Å². The minimum Gasteiger partial charge on any atom is -0.434 e. The number of ether oxygens (including phenoxy) is 2. The lowest BCUT2D eigenvalue weighted by molar-refractivity contribution is 0.0150. The second kappa shape index (κ2) is 36.7. The summed E-state index contributed by atoms with van der Waals surface area (Å²) in [4.78, 5) is 14.4. The van der Waals surface area contributed by atoms with E-state index >= 15 is 0 Å². The maximum Gasteiger partial charge on any atom is 0.508 e. The molecule has 0 saturated heterocycles. The molecule has 0 unspecified atom stereocenters. The second-order valence-corrected chi connectivity index (χ2v) is 13.0. The molecule has 0 aromatic rings. The average Bonchev–Trinajstić information content (AvgIpc) is 3.02. The van der Waals surface area contributed by atoms with E-state index in [1.807, 2.05) is 14.1 Å². The Balaban J connectivity index is 4.10. The molecule has 262 valence electrons. The predicted molar refractivity (Wildman–Crippen MR) is 198 cm³/mol. The third-order valence-electron chi connectivity index (χ3n) is 8.19. The number of allylic oxidation sites excluding steroid dienone is 8. The van der Waals surface area contributed by atoms with Gasteiger partial charge in [0, 0.05) is 6.54 Å². The number of hydrogen-bond donors (Lipinski definition) is 0. The highest BCUT2D eigenvalue weighted by Gasteiger charge is 2.15. The topological polar surface area (TPSA) is 38.8 Å². The minimum atomic E-state index is -0.482. The summed E-state index contributed by atoms with van der Waals surface area (Å²) < 4.78 is 11.2. The molecule has 0 aromatic carbocycles. The van der Waals surface area contributed by atoms with Crippen LogP contribution in [-0.2, 0) is 9.47 Å². The standard InChI is InChI=1S/C41H75NO3/c1-5-7-9-11-13-15-17-19-21-23-25-27-29-31-33-36-40(45-41(43)44-39-35-38-42(3)4)37-34-32-30-28-26-24-22-20-18-16-14-12-10-8-6-2/h13-16,19-22,40H,5-12,17-18,23-39H2,1-4H3/b15-13-,16-14-,21-19-,22-20-. The quantitative estimate of drug-likeness (QED) is 0.0411. The second-order valence-electron chi connectivity index (χ2n) is 13.0. The van der Waals surface area contributed by atoms with Crippen LogP contribution < -0.4 is 0 Å². The van der Waals surface area contributed by atoms with E-state index in [9.17, 15) is 4.79 Å². The zero-order valence-electron chi connectivity index (χ0n) is 30.5. The largest absolute Gasteiger partial charge is 0.508 e. The van der Waals surface area contributed by atoms with Gasteiger partial charge in [0.05, 0.1) is 6.61 Å². The van der Waals surface area contributed by atoms with Gasteiger partial charge in [0.2, 0.25) is 0 Å². The normalized spacial score (nSPS) is 12.3.